The van der Waals surface area contributed by atoms with Gasteiger partial charge in [0.15, 0.2) is 17.1 Å². The number of fused-ring (bicyclic) bond motifs is 1. The van der Waals surface area contributed by atoms with Gasteiger partial charge in [-0.05, 0) is 56.2 Å². The molecule has 0 saturated heterocycles. The van der Waals surface area contributed by atoms with Gasteiger partial charge in [0.05, 0.1) is 32.8 Å². The van der Waals surface area contributed by atoms with Gasteiger partial charge in [0.25, 0.3) is 5.56 Å². The molecule has 196 valence electrons. The van der Waals surface area contributed by atoms with Crippen LogP contribution in [0.3, 0.4) is 0 Å². The summed E-state index contributed by atoms with van der Waals surface area (Å²) in [6.45, 7) is 3.45. The van der Waals surface area contributed by atoms with Gasteiger partial charge >= 0.3 is 17.7 Å². The van der Waals surface area contributed by atoms with Crippen molar-refractivity contribution in [1.82, 2.24) is 4.57 Å². The van der Waals surface area contributed by atoms with Gasteiger partial charge in [-0.2, -0.15) is 0 Å². The van der Waals surface area contributed by atoms with E-state index >= 15 is 0 Å². The second kappa shape index (κ2) is 12.4. The van der Waals surface area contributed by atoms with Gasteiger partial charge in [0.1, 0.15) is 5.58 Å². The molecular formula is C26H28N2O9. The number of methoxy groups -OCH3 is 2. The zero-order valence-electron chi connectivity index (χ0n) is 21.0. The number of ether oxygens (including phenoxy) is 4. The number of rotatable bonds is 11. The van der Waals surface area contributed by atoms with Gasteiger partial charge in [0.2, 0.25) is 0 Å². The SMILES string of the molecule is CCOC(=O)C(=CNc1ccc2oc(=O)n(CCc3ccc(OC)c(OC)c3)c(=O)c2c1)C(=O)OCC. The first-order valence-corrected chi connectivity index (χ1v) is 11.5. The number of aryl methyl sites for hydroxylation is 1. The first-order chi connectivity index (χ1) is 17.8. The molecular weight excluding hydrogens is 484 g/mol. The Hall–Kier alpha value is -4.54. The van der Waals surface area contributed by atoms with Crippen LogP contribution in [-0.4, -0.2) is 43.9 Å². The third kappa shape index (κ3) is 6.37. The van der Waals surface area contributed by atoms with Gasteiger partial charge in [-0.3, -0.25) is 4.79 Å². The molecule has 0 bridgehead atoms. The number of carbonyl (C=O) groups is 2. The fourth-order valence-electron chi connectivity index (χ4n) is 3.50. The molecule has 1 heterocycles. The number of carbonyl (C=O) groups excluding carboxylic acids is 2. The summed E-state index contributed by atoms with van der Waals surface area (Å²) in [5, 5.41) is 2.94. The molecule has 0 aliphatic carbocycles. The van der Waals surface area contributed by atoms with E-state index in [9.17, 15) is 19.2 Å². The van der Waals surface area contributed by atoms with Crippen LogP contribution < -0.4 is 26.1 Å². The van der Waals surface area contributed by atoms with E-state index in [1.54, 1.807) is 26.0 Å². The lowest BCUT2D eigenvalue weighted by Gasteiger charge is -2.10. The second-order valence-electron chi connectivity index (χ2n) is 7.62. The lowest BCUT2D eigenvalue weighted by atomic mass is 10.1. The fourth-order valence-corrected chi connectivity index (χ4v) is 3.50. The first kappa shape index (κ1) is 27.1. The summed E-state index contributed by atoms with van der Waals surface area (Å²) in [4.78, 5) is 49.9. The quantitative estimate of drug-likeness (QED) is 0.177. The molecule has 0 aliphatic heterocycles. The summed E-state index contributed by atoms with van der Waals surface area (Å²) in [6.07, 6.45) is 1.51. The Morgan fingerprint density at radius 1 is 0.946 bits per heavy atom. The van der Waals surface area contributed by atoms with Crippen molar-refractivity contribution in [1.29, 1.82) is 0 Å². The lowest BCUT2D eigenvalue weighted by Crippen LogP contribution is -2.33. The summed E-state index contributed by atoms with van der Waals surface area (Å²) < 4.78 is 26.7. The summed E-state index contributed by atoms with van der Waals surface area (Å²) in [7, 11) is 3.05. The molecule has 37 heavy (non-hydrogen) atoms. The number of hydrogen-bond acceptors (Lipinski definition) is 10. The minimum absolute atomic E-state index is 0.0695. The van der Waals surface area contributed by atoms with Crippen molar-refractivity contribution in [2.75, 3.05) is 32.8 Å². The Balaban J connectivity index is 1.89. The molecule has 3 aromatic rings. The molecule has 0 saturated carbocycles. The summed E-state index contributed by atoms with van der Waals surface area (Å²) in [6, 6.07) is 9.76. The van der Waals surface area contributed by atoms with Crippen molar-refractivity contribution < 1.29 is 33.0 Å². The number of nitrogens with zero attached hydrogens (tertiary/aromatic N) is 1. The monoisotopic (exact) mass is 512 g/mol. The van der Waals surface area contributed by atoms with E-state index in [4.69, 9.17) is 23.4 Å². The Bertz CT molecular complexity index is 1420. The molecule has 1 aromatic heterocycles. The van der Waals surface area contributed by atoms with Crippen molar-refractivity contribution in [3.8, 4) is 11.5 Å². The van der Waals surface area contributed by atoms with E-state index < -0.39 is 23.3 Å². The molecule has 2 aromatic carbocycles. The van der Waals surface area contributed by atoms with Crippen LogP contribution in [0.25, 0.3) is 11.0 Å². The van der Waals surface area contributed by atoms with Crippen LogP contribution in [0, 0.1) is 0 Å². The number of esters is 2. The molecule has 3 rings (SSSR count). The van der Waals surface area contributed by atoms with Gasteiger partial charge < -0.3 is 28.7 Å². The Morgan fingerprint density at radius 3 is 2.24 bits per heavy atom. The minimum Gasteiger partial charge on any atom is -0.493 e. The number of benzene rings is 2. The van der Waals surface area contributed by atoms with Crippen LogP contribution in [0.2, 0.25) is 0 Å². The van der Waals surface area contributed by atoms with Crippen LogP contribution in [0.15, 0.2) is 62.2 Å². The molecule has 0 fully saturated rings. The minimum atomic E-state index is -0.849. The number of nitrogens with one attached hydrogen (secondary N) is 1. The smallest absolute Gasteiger partial charge is 0.422 e. The first-order valence-electron chi connectivity index (χ1n) is 11.5. The maximum atomic E-state index is 13.1. The highest BCUT2D eigenvalue weighted by Crippen LogP contribution is 2.27. The fraction of sp³-hybridized carbons (Fsp3) is 0.308. The van der Waals surface area contributed by atoms with Gasteiger partial charge in [-0.25, -0.2) is 19.0 Å². The van der Waals surface area contributed by atoms with E-state index in [1.165, 1.54) is 32.4 Å². The normalized spacial score (nSPS) is 10.5. The van der Waals surface area contributed by atoms with Crippen molar-refractivity contribution >= 4 is 28.6 Å². The van der Waals surface area contributed by atoms with Crippen molar-refractivity contribution in [2.24, 2.45) is 0 Å². The zero-order chi connectivity index (χ0) is 26.9. The van der Waals surface area contributed by atoms with Gasteiger partial charge in [-0.1, -0.05) is 6.07 Å². The van der Waals surface area contributed by atoms with Crippen molar-refractivity contribution in [3.05, 3.63) is 74.6 Å². The molecule has 11 nitrogen and oxygen atoms in total. The summed E-state index contributed by atoms with van der Waals surface area (Å²) in [5.74, 6) is -1.38. The van der Waals surface area contributed by atoms with Crippen LogP contribution in [-0.2, 0) is 32.0 Å². The Kier molecular flexibility index (Phi) is 9.09. The topological polar surface area (TPSA) is 135 Å². The standard InChI is InChI=1S/C26H28N2O9/c1-5-35-24(30)19(25(31)36-6-2)15-27-17-8-10-20-18(14-17)23(29)28(26(32)37-20)12-11-16-7-9-21(33-3)22(13-16)34-4/h7-10,13-15,27H,5-6,11-12H2,1-4H3. The number of aromatic nitrogens is 1. The van der Waals surface area contributed by atoms with Crippen LogP contribution in [0.1, 0.15) is 19.4 Å². The van der Waals surface area contributed by atoms with Gasteiger partial charge in [-0.15, -0.1) is 0 Å². The van der Waals surface area contributed by atoms with Crippen LogP contribution >= 0.6 is 0 Å². The van der Waals surface area contributed by atoms with Crippen LogP contribution in [0.4, 0.5) is 5.69 Å². The number of hydrogen-bond donors (Lipinski definition) is 1. The van der Waals surface area contributed by atoms with E-state index in [1.807, 2.05) is 6.07 Å². The third-order valence-electron chi connectivity index (χ3n) is 5.32. The third-order valence-corrected chi connectivity index (χ3v) is 5.32. The molecule has 0 amide bonds. The van der Waals surface area contributed by atoms with E-state index in [-0.39, 0.29) is 36.3 Å². The Morgan fingerprint density at radius 2 is 1.62 bits per heavy atom. The number of anilines is 1. The van der Waals surface area contributed by atoms with E-state index in [0.717, 1.165) is 16.3 Å². The average molecular weight is 513 g/mol. The average Bonchev–Trinajstić information content (AvgIpc) is 2.89. The van der Waals surface area contributed by atoms with E-state index in [2.05, 4.69) is 5.32 Å². The molecule has 11 heteroatoms. The van der Waals surface area contributed by atoms with Crippen molar-refractivity contribution in [3.63, 3.8) is 0 Å². The molecule has 0 spiro atoms. The molecule has 0 unspecified atom stereocenters. The molecule has 0 atom stereocenters. The maximum Gasteiger partial charge on any atom is 0.422 e. The maximum absolute atomic E-state index is 13.1. The predicted molar refractivity (Wildman–Crippen MR) is 135 cm³/mol. The highest BCUT2D eigenvalue weighted by molar-refractivity contribution is 6.14. The second-order valence-corrected chi connectivity index (χ2v) is 7.62. The molecule has 0 aliphatic rings. The molecule has 0 radical (unpaired) electrons. The summed E-state index contributed by atoms with van der Waals surface area (Å²) in [5.41, 5.74) is 0.417. The predicted octanol–water partition coefficient (Wildman–Crippen LogP) is 2.64. The van der Waals surface area contributed by atoms with Crippen LogP contribution in [0.5, 0.6) is 11.5 Å². The highest BCUT2D eigenvalue weighted by Gasteiger charge is 2.21. The Labute approximate surface area is 212 Å². The van der Waals surface area contributed by atoms with E-state index in [0.29, 0.717) is 23.6 Å². The molecule has 1 N–H and O–H groups in total. The highest BCUT2D eigenvalue weighted by atomic mass is 16.6. The largest absolute Gasteiger partial charge is 0.493 e. The zero-order valence-corrected chi connectivity index (χ0v) is 21.0. The lowest BCUT2D eigenvalue weighted by molar-refractivity contribution is -0.146. The van der Waals surface area contributed by atoms with Crippen molar-refractivity contribution in [2.45, 2.75) is 26.8 Å². The van der Waals surface area contributed by atoms with Gasteiger partial charge in [0, 0.05) is 18.4 Å². The summed E-state index contributed by atoms with van der Waals surface area (Å²) >= 11 is 0.